The molecule has 0 aliphatic heterocycles. The van der Waals surface area contributed by atoms with Gasteiger partial charge in [-0.3, -0.25) is 0 Å². The Labute approximate surface area is 191 Å². The SMILES string of the molecule is CC(C)[C@@H](C)Cc1ccc(-c2cc[c-]cc2)cc1.[CH2-]C.[CH3-].[CH3-].[W+2].[Y]. The largest absolute Gasteiger partial charge is 2.00 e. The van der Waals surface area contributed by atoms with E-state index >= 15 is 0 Å². The molecule has 0 fully saturated rings. The second-order valence-electron chi connectivity index (χ2n) is 5.41. The van der Waals surface area contributed by atoms with Crippen LogP contribution < -0.4 is 0 Å². The van der Waals surface area contributed by atoms with Gasteiger partial charge in [0.15, 0.2) is 0 Å². The molecule has 0 unspecified atom stereocenters. The fraction of sp³-hybridized carbons (Fsp3) is 0.318. The van der Waals surface area contributed by atoms with E-state index in [9.17, 15) is 0 Å². The Morgan fingerprint density at radius 3 is 1.67 bits per heavy atom. The summed E-state index contributed by atoms with van der Waals surface area (Å²) in [5, 5.41) is 0. The Morgan fingerprint density at radius 1 is 0.833 bits per heavy atom. The molecule has 1 atom stereocenters. The van der Waals surface area contributed by atoms with Crippen molar-refractivity contribution in [1.29, 1.82) is 0 Å². The van der Waals surface area contributed by atoms with E-state index in [0.717, 1.165) is 11.8 Å². The fourth-order valence-electron chi connectivity index (χ4n) is 2.02. The molecule has 2 aromatic rings. The van der Waals surface area contributed by atoms with Crippen LogP contribution in [0.15, 0.2) is 48.5 Å². The maximum atomic E-state index is 3.25. The van der Waals surface area contributed by atoms with Crippen LogP contribution in [0, 0.1) is 39.7 Å². The summed E-state index contributed by atoms with van der Waals surface area (Å²) in [6.45, 7) is 11.9. The Bertz CT molecular complexity index is 477. The van der Waals surface area contributed by atoms with Crippen molar-refractivity contribution in [2.75, 3.05) is 0 Å². The molecule has 131 valence electrons. The van der Waals surface area contributed by atoms with Crippen LogP contribution in [0.5, 0.6) is 0 Å². The van der Waals surface area contributed by atoms with E-state index in [0.29, 0.717) is 0 Å². The average molecular weight is 569 g/mol. The Kier molecular flexibility index (Phi) is 24.0. The molecule has 0 bridgehead atoms. The molecule has 0 spiro atoms. The molecule has 0 aliphatic rings. The topological polar surface area (TPSA) is 0 Å². The van der Waals surface area contributed by atoms with Crippen molar-refractivity contribution in [1.82, 2.24) is 0 Å². The molecule has 0 heterocycles. The smallest absolute Gasteiger partial charge is 0.358 e. The second kappa shape index (κ2) is 18.0. The Hall–Kier alpha value is 0.232. The molecule has 0 N–H and O–H groups in total. The maximum Gasteiger partial charge on any atom is 2.00 e. The average Bonchev–Trinajstić information content (AvgIpc) is 2.51. The van der Waals surface area contributed by atoms with E-state index in [4.69, 9.17) is 0 Å². The van der Waals surface area contributed by atoms with Crippen LogP contribution in [0.4, 0.5) is 0 Å². The van der Waals surface area contributed by atoms with Crippen molar-refractivity contribution in [3.63, 3.8) is 0 Å². The molecule has 0 amide bonds. The summed E-state index contributed by atoms with van der Waals surface area (Å²) in [4.78, 5) is 0. The van der Waals surface area contributed by atoms with E-state index in [-0.39, 0.29) is 68.6 Å². The van der Waals surface area contributed by atoms with E-state index < -0.39 is 0 Å². The van der Waals surface area contributed by atoms with Crippen molar-refractivity contribution >= 4 is 0 Å². The third-order valence-corrected chi connectivity index (χ3v) is 3.70. The zero-order valence-electron chi connectivity index (χ0n) is 16.2. The molecule has 0 saturated heterocycles. The molecule has 0 saturated carbocycles. The minimum absolute atomic E-state index is 0. The third kappa shape index (κ3) is 11.0. The van der Waals surface area contributed by atoms with Gasteiger partial charge in [-0.25, -0.2) is 0 Å². The Morgan fingerprint density at radius 2 is 1.25 bits per heavy atom. The van der Waals surface area contributed by atoms with Crippen LogP contribution in [-0.4, -0.2) is 0 Å². The van der Waals surface area contributed by atoms with Gasteiger partial charge in [-0.15, -0.1) is 5.56 Å². The molecule has 1 radical (unpaired) electrons. The normalized spacial score (nSPS) is 9.75. The standard InChI is InChI=1S/C18H21.C2H5.2CH3.W.Y/c1-14(2)15(3)13-16-9-11-18(12-10-16)17-7-5-4-6-8-17;1-2;;;;/h5-12,14-15H,13H2,1-3H3;1H2,2H3;2*1H3;;/q4*-1;+2;/t15-;;;;;/m0...../s1. The van der Waals surface area contributed by atoms with Crippen molar-refractivity contribution in [3.05, 3.63) is 81.9 Å². The van der Waals surface area contributed by atoms with Gasteiger partial charge < -0.3 is 21.8 Å². The zero-order valence-corrected chi connectivity index (χ0v) is 21.9. The van der Waals surface area contributed by atoms with Crippen LogP contribution >= 0.6 is 0 Å². The molecular formula is C22H32WY-2. The predicted octanol–water partition coefficient (Wildman–Crippen LogP) is 6.72. The molecule has 2 rings (SSSR count). The number of hydrogen-bond donors (Lipinski definition) is 0. The van der Waals surface area contributed by atoms with E-state index in [1.165, 1.54) is 23.1 Å². The first kappa shape index (κ1) is 32.0. The summed E-state index contributed by atoms with van der Waals surface area (Å²) >= 11 is 0. The fourth-order valence-corrected chi connectivity index (χ4v) is 2.02. The molecule has 2 aromatic carbocycles. The van der Waals surface area contributed by atoms with Gasteiger partial charge in [-0.2, -0.15) is 37.3 Å². The van der Waals surface area contributed by atoms with Crippen LogP contribution in [0.2, 0.25) is 0 Å². The van der Waals surface area contributed by atoms with Gasteiger partial charge in [-0.05, 0) is 29.4 Å². The molecule has 0 aliphatic carbocycles. The van der Waals surface area contributed by atoms with E-state index in [2.05, 4.69) is 70.2 Å². The zero-order chi connectivity index (χ0) is 15.0. The van der Waals surface area contributed by atoms with Gasteiger partial charge in [0.25, 0.3) is 0 Å². The molecular weight excluding hydrogens is 537 g/mol. The number of rotatable bonds is 4. The minimum atomic E-state index is 0. The summed E-state index contributed by atoms with van der Waals surface area (Å²) in [6.07, 6.45) is 1.17. The van der Waals surface area contributed by atoms with Crippen molar-refractivity contribution in [2.24, 2.45) is 11.8 Å². The van der Waals surface area contributed by atoms with Gasteiger partial charge in [0.2, 0.25) is 0 Å². The van der Waals surface area contributed by atoms with Gasteiger partial charge in [0.05, 0.1) is 0 Å². The predicted molar refractivity (Wildman–Crippen MR) is 102 cm³/mol. The van der Waals surface area contributed by atoms with Gasteiger partial charge in [0.1, 0.15) is 0 Å². The quantitative estimate of drug-likeness (QED) is 0.359. The van der Waals surface area contributed by atoms with Crippen LogP contribution in [0.25, 0.3) is 11.1 Å². The third-order valence-electron chi connectivity index (χ3n) is 3.70. The van der Waals surface area contributed by atoms with Crippen molar-refractivity contribution in [3.8, 4) is 11.1 Å². The molecule has 0 aromatic heterocycles. The summed E-state index contributed by atoms with van der Waals surface area (Å²) in [6, 6.07) is 20.1. The summed E-state index contributed by atoms with van der Waals surface area (Å²) in [5.74, 6) is 1.48. The van der Waals surface area contributed by atoms with Gasteiger partial charge in [0, 0.05) is 32.7 Å². The summed E-state index contributed by atoms with van der Waals surface area (Å²) in [5.41, 5.74) is 3.98. The number of benzene rings is 2. The Balaban J connectivity index is -0.000000321. The van der Waals surface area contributed by atoms with Crippen LogP contribution in [-0.2, 0) is 60.2 Å². The van der Waals surface area contributed by atoms with Crippen LogP contribution in [0.1, 0.15) is 33.3 Å². The summed E-state index contributed by atoms with van der Waals surface area (Å²) < 4.78 is 0. The van der Waals surface area contributed by atoms with Crippen molar-refractivity contribution in [2.45, 2.75) is 34.1 Å². The van der Waals surface area contributed by atoms with Gasteiger partial charge in [-0.1, -0.05) is 45.0 Å². The monoisotopic (exact) mass is 569 g/mol. The maximum absolute atomic E-state index is 3.25. The number of hydrogen-bond acceptors (Lipinski definition) is 0. The molecule has 2 heteroatoms. The molecule has 0 nitrogen and oxygen atoms in total. The minimum Gasteiger partial charge on any atom is -0.358 e. The van der Waals surface area contributed by atoms with E-state index in [1.807, 2.05) is 12.1 Å². The molecule has 24 heavy (non-hydrogen) atoms. The summed E-state index contributed by atoms with van der Waals surface area (Å²) in [7, 11) is 0. The first-order valence-corrected chi connectivity index (χ1v) is 7.43. The van der Waals surface area contributed by atoms with Crippen molar-refractivity contribution < 1.29 is 53.8 Å². The van der Waals surface area contributed by atoms with Gasteiger partial charge >= 0.3 is 21.1 Å². The first-order chi connectivity index (χ1) is 9.66. The first-order valence-electron chi connectivity index (χ1n) is 7.43. The van der Waals surface area contributed by atoms with E-state index in [1.54, 1.807) is 6.92 Å². The van der Waals surface area contributed by atoms with Crippen LogP contribution in [0.3, 0.4) is 0 Å². The second-order valence-corrected chi connectivity index (χ2v) is 5.41.